The molecule has 29 heavy (non-hydrogen) atoms. The number of nitrogens with one attached hydrogen (secondary N) is 1. The van der Waals surface area contributed by atoms with Crippen LogP contribution in [0, 0.1) is 0 Å². The number of hydrogen-bond acceptors (Lipinski definition) is 7. The number of alkyl halides is 2. The molecule has 0 aliphatic heterocycles. The number of carbonyl (C=O) groups is 1. The predicted octanol–water partition coefficient (Wildman–Crippen LogP) is 4.93. The summed E-state index contributed by atoms with van der Waals surface area (Å²) < 4.78 is 39.5. The molecule has 2 rings (SSSR count). The topological polar surface area (TPSA) is 82.6 Å². The maximum absolute atomic E-state index is 12.3. The molecule has 0 amide bonds. The Morgan fingerprint density at radius 1 is 1.21 bits per heavy atom. The normalized spacial score (nSPS) is 13.0. The smallest absolute Gasteiger partial charge is 0.387 e. The molecule has 0 radical (unpaired) electrons. The molecule has 1 N–H and O–H groups in total. The van der Waals surface area contributed by atoms with Crippen LogP contribution < -0.4 is 14.8 Å². The van der Waals surface area contributed by atoms with Crippen LogP contribution in [0.15, 0.2) is 24.3 Å². The minimum atomic E-state index is -2.88. The van der Waals surface area contributed by atoms with Gasteiger partial charge in [0.1, 0.15) is 10.8 Å². The van der Waals surface area contributed by atoms with E-state index in [1.54, 1.807) is 26.0 Å². The number of benzene rings is 1. The fraction of sp³-hybridized carbons (Fsp3) is 0.421. The summed E-state index contributed by atoms with van der Waals surface area (Å²) in [6, 6.07) is 5.91. The van der Waals surface area contributed by atoms with E-state index in [4.69, 9.17) is 21.1 Å². The monoisotopic (exact) mass is 429 g/mol. The SMILES string of the molecule is CCOc1nc(C(C)OC(C)=O)nc(NC(C)c2ccc(OC(F)F)cc2)c1Cl. The van der Waals surface area contributed by atoms with Crippen molar-refractivity contribution >= 4 is 23.4 Å². The zero-order chi connectivity index (χ0) is 21.6. The number of carbonyl (C=O) groups excluding carboxylic acids is 1. The summed E-state index contributed by atoms with van der Waals surface area (Å²) in [5.74, 6) is 0.270. The maximum Gasteiger partial charge on any atom is 0.387 e. The molecule has 10 heteroatoms. The van der Waals surface area contributed by atoms with Crippen LogP contribution in [0.3, 0.4) is 0 Å². The molecular weight excluding hydrogens is 408 g/mol. The van der Waals surface area contributed by atoms with Crippen LogP contribution >= 0.6 is 11.6 Å². The third-order valence-electron chi connectivity index (χ3n) is 3.78. The van der Waals surface area contributed by atoms with Crippen LogP contribution in [0.2, 0.25) is 5.02 Å². The first kappa shape index (κ1) is 22.6. The largest absolute Gasteiger partial charge is 0.477 e. The van der Waals surface area contributed by atoms with E-state index in [1.165, 1.54) is 19.1 Å². The van der Waals surface area contributed by atoms with Crippen LogP contribution in [0.25, 0.3) is 0 Å². The van der Waals surface area contributed by atoms with E-state index in [9.17, 15) is 13.6 Å². The van der Waals surface area contributed by atoms with Gasteiger partial charge in [0.25, 0.3) is 0 Å². The fourth-order valence-electron chi connectivity index (χ4n) is 2.48. The molecule has 2 unspecified atom stereocenters. The van der Waals surface area contributed by atoms with Crippen LogP contribution in [0.4, 0.5) is 14.6 Å². The first-order chi connectivity index (χ1) is 13.7. The standard InChI is InChI=1S/C19H22ClF2N3O4/c1-5-27-18-15(20)17(24-16(25-18)11(3)28-12(4)26)23-10(2)13-6-8-14(9-7-13)29-19(21)22/h6-11,19H,5H2,1-4H3,(H,23,24,25). The zero-order valence-corrected chi connectivity index (χ0v) is 17.2. The molecule has 7 nitrogen and oxygen atoms in total. The summed E-state index contributed by atoms with van der Waals surface area (Å²) in [4.78, 5) is 19.8. The summed E-state index contributed by atoms with van der Waals surface area (Å²) in [5.41, 5.74) is 0.786. The van der Waals surface area contributed by atoms with Gasteiger partial charge in [-0.05, 0) is 38.5 Å². The second kappa shape index (κ2) is 10.2. The summed E-state index contributed by atoms with van der Waals surface area (Å²) in [6.07, 6.45) is -0.703. The van der Waals surface area contributed by atoms with E-state index in [0.717, 1.165) is 5.56 Å². The van der Waals surface area contributed by atoms with E-state index >= 15 is 0 Å². The lowest BCUT2D eigenvalue weighted by Crippen LogP contribution is -2.14. The van der Waals surface area contributed by atoms with Crippen LogP contribution in [-0.2, 0) is 9.53 Å². The fourth-order valence-corrected chi connectivity index (χ4v) is 2.67. The predicted molar refractivity (Wildman–Crippen MR) is 104 cm³/mol. The lowest BCUT2D eigenvalue weighted by Gasteiger charge is -2.19. The van der Waals surface area contributed by atoms with Crippen molar-refractivity contribution in [1.82, 2.24) is 9.97 Å². The van der Waals surface area contributed by atoms with Crippen LogP contribution in [-0.4, -0.2) is 29.2 Å². The highest BCUT2D eigenvalue weighted by Gasteiger charge is 2.21. The van der Waals surface area contributed by atoms with Gasteiger partial charge < -0.3 is 19.5 Å². The number of anilines is 1. The zero-order valence-electron chi connectivity index (χ0n) is 16.4. The van der Waals surface area contributed by atoms with Gasteiger partial charge in [-0.25, -0.2) is 4.98 Å². The molecule has 158 valence electrons. The van der Waals surface area contributed by atoms with Gasteiger partial charge in [0.05, 0.1) is 6.61 Å². The first-order valence-corrected chi connectivity index (χ1v) is 9.27. The number of rotatable bonds is 9. The first-order valence-electron chi connectivity index (χ1n) is 8.90. The highest BCUT2D eigenvalue weighted by atomic mass is 35.5. The summed E-state index contributed by atoms with van der Waals surface area (Å²) >= 11 is 6.36. The number of hydrogen-bond donors (Lipinski definition) is 1. The van der Waals surface area contributed by atoms with Crippen molar-refractivity contribution in [1.29, 1.82) is 0 Å². The number of nitrogens with zero attached hydrogens (tertiary/aromatic N) is 2. The average Bonchev–Trinajstić information content (AvgIpc) is 2.64. The summed E-state index contributed by atoms with van der Waals surface area (Å²) in [7, 11) is 0. The van der Waals surface area contributed by atoms with Gasteiger partial charge in [0.15, 0.2) is 17.7 Å². The van der Waals surface area contributed by atoms with Gasteiger partial charge in [-0.15, -0.1) is 0 Å². The van der Waals surface area contributed by atoms with Crippen molar-refractivity contribution in [3.8, 4) is 11.6 Å². The van der Waals surface area contributed by atoms with Gasteiger partial charge in [-0.3, -0.25) is 4.79 Å². The number of ether oxygens (including phenoxy) is 3. The van der Waals surface area contributed by atoms with Crippen molar-refractivity contribution in [2.24, 2.45) is 0 Å². The van der Waals surface area contributed by atoms with Crippen molar-refractivity contribution in [2.75, 3.05) is 11.9 Å². The Kier molecular flexibility index (Phi) is 7.95. The third-order valence-corrected chi connectivity index (χ3v) is 4.12. The third kappa shape index (κ3) is 6.42. The van der Waals surface area contributed by atoms with Gasteiger partial charge >= 0.3 is 12.6 Å². The lowest BCUT2D eigenvalue weighted by atomic mass is 10.1. The van der Waals surface area contributed by atoms with Gasteiger partial charge in [-0.2, -0.15) is 13.8 Å². The Balaban J connectivity index is 2.27. The Bertz CT molecular complexity index is 837. The average molecular weight is 430 g/mol. The Morgan fingerprint density at radius 3 is 2.41 bits per heavy atom. The molecule has 0 aliphatic rings. The lowest BCUT2D eigenvalue weighted by molar-refractivity contribution is -0.146. The van der Waals surface area contributed by atoms with E-state index in [-0.39, 0.29) is 28.5 Å². The van der Waals surface area contributed by atoms with Gasteiger partial charge in [0.2, 0.25) is 5.88 Å². The number of aromatic nitrogens is 2. The maximum atomic E-state index is 12.3. The second-order valence-electron chi connectivity index (χ2n) is 6.05. The summed E-state index contributed by atoms with van der Waals surface area (Å²) in [6.45, 7) is 4.00. The van der Waals surface area contributed by atoms with E-state index < -0.39 is 18.7 Å². The molecule has 1 aromatic heterocycles. The molecule has 2 atom stereocenters. The molecule has 1 aromatic carbocycles. The summed E-state index contributed by atoms with van der Waals surface area (Å²) in [5, 5.41) is 3.32. The van der Waals surface area contributed by atoms with Crippen molar-refractivity contribution in [3.63, 3.8) is 0 Å². The van der Waals surface area contributed by atoms with Crippen LogP contribution in [0.1, 0.15) is 51.2 Å². The van der Waals surface area contributed by atoms with Crippen LogP contribution in [0.5, 0.6) is 11.6 Å². The molecular formula is C19H22ClF2N3O4. The highest BCUT2D eigenvalue weighted by Crippen LogP contribution is 2.33. The molecule has 0 fully saturated rings. The molecule has 0 spiro atoms. The van der Waals surface area contributed by atoms with E-state index in [1.807, 2.05) is 6.92 Å². The van der Waals surface area contributed by atoms with E-state index in [0.29, 0.717) is 12.4 Å². The minimum absolute atomic E-state index is 0.0622. The quantitative estimate of drug-likeness (QED) is 0.566. The number of esters is 1. The Hall–Kier alpha value is -2.68. The van der Waals surface area contributed by atoms with Crippen molar-refractivity contribution in [2.45, 2.75) is 46.5 Å². The molecule has 1 heterocycles. The van der Waals surface area contributed by atoms with E-state index in [2.05, 4.69) is 20.0 Å². The number of halogens is 3. The highest BCUT2D eigenvalue weighted by molar-refractivity contribution is 6.34. The minimum Gasteiger partial charge on any atom is -0.477 e. The van der Waals surface area contributed by atoms with Crippen molar-refractivity contribution in [3.05, 3.63) is 40.7 Å². The Labute approximate surface area is 172 Å². The molecule has 0 aliphatic carbocycles. The second-order valence-corrected chi connectivity index (χ2v) is 6.43. The molecule has 0 bridgehead atoms. The molecule has 0 saturated carbocycles. The molecule has 2 aromatic rings. The van der Waals surface area contributed by atoms with Gasteiger partial charge in [0, 0.05) is 13.0 Å². The molecule has 0 saturated heterocycles. The Morgan fingerprint density at radius 2 is 1.86 bits per heavy atom. The van der Waals surface area contributed by atoms with Gasteiger partial charge in [-0.1, -0.05) is 23.7 Å². The van der Waals surface area contributed by atoms with Crippen molar-refractivity contribution < 1.29 is 27.8 Å².